The lowest BCUT2D eigenvalue weighted by Crippen LogP contribution is -2.42. The predicted molar refractivity (Wildman–Crippen MR) is 54.2 cm³/mol. The van der Waals surface area contributed by atoms with Gasteiger partial charge in [0.1, 0.15) is 12.2 Å². The zero-order valence-electron chi connectivity index (χ0n) is 9.24. The van der Waals surface area contributed by atoms with Crippen LogP contribution in [0.4, 0.5) is 13.2 Å². The summed E-state index contributed by atoms with van der Waals surface area (Å²) in [7, 11) is 1.54. The van der Waals surface area contributed by atoms with Gasteiger partial charge in [0.15, 0.2) is 0 Å². The molecule has 17 heavy (non-hydrogen) atoms. The van der Waals surface area contributed by atoms with Gasteiger partial charge in [0.25, 0.3) is 5.91 Å². The van der Waals surface area contributed by atoms with Gasteiger partial charge in [0.2, 0.25) is 0 Å². The third kappa shape index (κ3) is 3.74. The molecule has 0 radical (unpaired) electrons. The Morgan fingerprint density at radius 1 is 1.59 bits per heavy atom. The molecular weight excluding hydrogens is 237 g/mol. The Kier molecular flexibility index (Phi) is 4.11. The van der Waals surface area contributed by atoms with E-state index in [1.807, 2.05) is 0 Å². The molecule has 0 aliphatic carbocycles. The molecule has 2 N–H and O–H groups in total. The minimum Gasteiger partial charge on any atom is -0.330 e. The van der Waals surface area contributed by atoms with Crippen LogP contribution in [0.25, 0.3) is 0 Å². The topological polar surface area (TPSA) is 64.2 Å². The Labute approximate surface area is 96.0 Å². The van der Waals surface area contributed by atoms with Crippen molar-refractivity contribution in [1.29, 1.82) is 0 Å². The van der Waals surface area contributed by atoms with Gasteiger partial charge in [-0.05, 0) is 0 Å². The fourth-order valence-electron chi connectivity index (χ4n) is 1.35. The van der Waals surface area contributed by atoms with Crippen molar-refractivity contribution in [3.05, 3.63) is 18.2 Å². The molecule has 1 aromatic rings. The Bertz CT molecular complexity index is 388. The van der Waals surface area contributed by atoms with Crippen LogP contribution in [-0.2, 0) is 7.05 Å². The van der Waals surface area contributed by atoms with Gasteiger partial charge in [0.05, 0.1) is 12.5 Å². The molecule has 0 atom stereocenters. The van der Waals surface area contributed by atoms with E-state index in [2.05, 4.69) is 4.98 Å². The van der Waals surface area contributed by atoms with Gasteiger partial charge in [-0.1, -0.05) is 0 Å². The van der Waals surface area contributed by atoms with Crippen molar-refractivity contribution < 1.29 is 18.0 Å². The lowest BCUT2D eigenvalue weighted by molar-refractivity contribution is -0.140. The van der Waals surface area contributed by atoms with E-state index < -0.39 is 18.6 Å². The summed E-state index contributed by atoms with van der Waals surface area (Å²) in [6, 6.07) is 0. The monoisotopic (exact) mass is 250 g/mol. The number of halogens is 3. The molecule has 0 spiro atoms. The summed E-state index contributed by atoms with van der Waals surface area (Å²) in [5.41, 5.74) is 5.29. The first-order valence-electron chi connectivity index (χ1n) is 4.87. The SMILES string of the molecule is Cn1cncc1C(=O)N(CCN)CC(F)(F)F. The van der Waals surface area contributed by atoms with E-state index in [0.29, 0.717) is 4.90 Å². The highest BCUT2D eigenvalue weighted by Crippen LogP contribution is 2.17. The van der Waals surface area contributed by atoms with Crippen molar-refractivity contribution >= 4 is 5.91 Å². The number of carbonyl (C=O) groups excluding carboxylic acids is 1. The van der Waals surface area contributed by atoms with Gasteiger partial charge in [-0.3, -0.25) is 4.79 Å². The molecular formula is C9H13F3N4O. The Morgan fingerprint density at radius 2 is 2.24 bits per heavy atom. The van der Waals surface area contributed by atoms with Gasteiger partial charge in [-0.2, -0.15) is 13.2 Å². The Balaban J connectivity index is 2.84. The van der Waals surface area contributed by atoms with Crippen LogP contribution in [0.2, 0.25) is 0 Å². The zero-order chi connectivity index (χ0) is 13.1. The smallest absolute Gasteiger partial charge is 0.330 e. The van der Waals surface area contributed by atoms with E-state index in [4.69, 9.17) is 5.73 Å². The summed E-state index contributed by atoms with van der Waals surface area (Å²) in [5.74, 6) is -0.729. The number of aryl methyl sites for hydroxylation is 1. The summed E-state index contributed by atoms with van der Waals surface area (Å²) < 4.78 is 38.2. The molecule has 0 saturated carbocycles. The lowest BCUT2D eigenvalue weighted by Gasteiger charge is -2.23. The van der Waals surface area contributed by atoms with Gasteiger partial charge < -0.3 is 15.2 Å². The fraction of sp³-hybridized carbons (Fsp3) is 0.556. The van der Waals surface area contributed by atoms with Crippen LogP contribution in [-0.4, -0.2) is 46.2 Å². The number of alkyl halides is 3. The van der Waals surface area contributed by atoms with E-state index in [1.165, 1.54) is 24.1 Å². The van der Waals surface area contributed by atoms with E-state index in [9.17, 15) is 18.0 Å². The Morgan fingerprint density at radius 3 is 2.65 bits per heavy atom. The van der Waals surface area contributed by atoms with Gasteiger partial charge in [-0.15, -0.1) is 0 Å². The van der Waals surface area contributed by atoms with Crippen LogP contribution in [0.1, 0.15) is 10.5 Å². The molecule has 0 aliphatic heterocycles. The highest BCUT2D eigenvalue weighted by atomic mass is 19.4. The van der Waals surface area contributed by atoms with E-state index in [1.54, 1.807) is 0 Å². The largest absolute Gasteiger partial charge is 0.406 e. The van der Waals surface area contributed by atoms with Crippen LogP contribution >= 0.6 is 0 Å². The lowest BCUT2D eigenvalue weighted by atomic mass is 10.3. The first-order chi connectivity index (χ1) is 7.85. The first-order valence-corrected chi connectivity index (χ1v) is 4.87. The van der Waals surface area contributed by atoms with Crippen molar-refractivity contribution in [1.82, 2.24) is 14.5 Å². The molecule has 1 aromatic heterocycles. The number of aromatic nitrogens is 2. The van der Waals surface area contributed by atoms with E-state index in [-0.39, 0.29) is 18.8 Å². The maximum absolute atomic E-state index is 12.3. The number of nitrogens with two attached hydrogens (primary N) is 1. The minimum atomic E-state index is -4.44. The molecule has 1 rings (SSSR count). The van der Waals surface area contributed by atoms with E-state index >= 15 is 0 Å². The normalized spacial score (nSPS) is 11.6. The Hall–Kier alpha value is -1.57. The van der Waals surface area contributed by atoms with Crippen molar-refractivity contribution in [3.8, 4) is 0 Å². The summed E-state index contributed by atoms with van der Waals surface area (Å²) >= 11 is 0. The fourth-order valence-corrected chi connectivity index (χ4v) is 1.35. The number of carbonyl (C=O) groups is 1. The number of rotatable bonds is 4. The number of amides is 1. The maximum atomic E-state index is 12.3. The molecule has 0 aromatic carbocycles. The summed E-state index contributed by atoms with van der Waals surface area (Å²) in [6.45, 7) is -1.49. The van der Waals surface area contributed by atoms with Crippen LogP contribution in [0.15, 0.2) is 12.5 Å². The molecule has 1 heterocycles. The minimum absolute atomic E-state index is 0.0281. The van der Waals surface area contributed by atoms with Gasteiger partial charge in [-0.25, -0.2) is 4.98 Å². The summed E-state index contributed by atoms with van der Waals surface area (Å²) in [6.07, 6.45) is -1.87. The average molecular weight is 250 g/mol. The van der Waals surface area contributed by atoms with Crippen molar-refractivity contribution in [3.63, 3.8) is 0 Å². The number of nitrogens with zero attached hydrogens (tertiary/aromatic N) is 3. The van der Waals surface area contributed by atoms with E-state index in [0.717, 1.165) is 0 Å². The summed E-state index contributed by atoms with van der Waals surface area (Å²) in [5, 5.41) is 0. The van der Waals surface area contributed by atoms with Crippen molar-refractivity contribution in [2.24, 2.45) is 12.8 Å². The molecule has 5 nitrogen and oxygen atoms in total. The van der Waals surface area contributed by atoms with Crippen molar-refractivity contribution in [2.45, 2.75) is 6.18 Å². The molecule has 96 valence electrons. The third-order valence-corrected chi connectivity index (χ3v) is 2.09. The van der Waals surface area contributed by atoms with Crippen molar-refractivity contribution in [2.75, 3.05) is 19.6 Å². The predicted octanol–water partition coefficient (Wildman–Crippen LogP) is 0.383. The second-order valence-corrected chi connectivity index (χ2v) is 3.52. The number of hydrogen-bond donors (Lipinski definition) is 1. The van der Waals surface area contributed by atoms with Gasteiger partial charge in [0, 0.05) is 20.1 Å². The van der Waals surface area contributed by atoms with Crippen LogP contribution in [0, 0.1) is 0 Å². The highest BCUT2D eigenvalue weighted by Gasteiger charge is 2.33. The molecule has 0 unspecified atom stereocenters. The molecule has 0 bridgehead atoms. The number of imidazole rings is 1. The first kappa shape index (κ1) is 13.5. The average Bonchev–Trinajstić information content (AvgIpc) is 2.61. The zero-order valence-corrected chi connectivity index (χ0v) is 9.24. The van der Waals surface area contributed by atoms with Gasteiger partial charge >= 0.3 is 6.18 Å². The second-order valence-electron chi connectivity index (χ2n) is 3.52. The van der Waals surface area contributed by atoms with Crippen LogP contribution in [0.5, 0.6) is 0 Å². The quantitative estimate of drug-likeness (QED) is 0.840. The number of hydrogen-bond acceptors (Lipinski definition) is 3. The highest BCUT2D eigenvalue weighted by molar-refractivity contribution is 5.92. The summed E-state index contributed by atoms with van der Waals surface area (Å²) in [4.78, 5) is 16.2. The molecule has 0 saturated heterocycles. The molecule has 8 heteroatoms. The maximum Gasteiger partial charge on any atom is 0.406 e. The standard InChI is InChI=1S/C9H13F3N4O/c1-15-6-14-4-7(15)8(17)16(3-2-13)5-9(10,11)12/h4,6H,2-3,5,13H2,1H3. The molecule has 0 aliphatic rings. The molecule has 1 amide bonds. The second kappa shape index (κ2) is 5.17. The molecule has 0 fully saturated rings. The third-order valence-electron chi connectivity index (χ3n) is 2.09. The van der Waals surface area contributed by atoms with Crippen LogP contribution in [0.3, 0.4) is 0 Å². The van der Waals surface area contributed by atoms with Crippen LogP contribution < -0.4 is 5.73 Å².